The number of imidazole rings is 1. The zero-order valence-electron chi connectivity index (χ0n) is 13.7. The van der Waals surface area contributed by atoms with E-state index >= 15 is 0 Å². The van der Waals surface area contributed by atoms with Gasteiger partial charge in [0.15, 0.2) is 0 Å². The highest BCUT2D eigenvalue weighted by atomic mass is 32.2. The molecule has 3 N–H and O–H groups in total. The van der Waals surface area contributed by atoms with Crippen LogP contribution in [-0.4, -0.2) is 28.2 Å². The number of rotatable bonds is 4. The molecular formula is C17H15N5O3S. The molecule has 0 fully saturated rings. The summed E-state index contributed by atoms with van der Waals surface area (Å²) in [7, 11) is -2.11. The highest BCUT2D eigenvalue weighted by Gasteiger charge is 2.20. The van der Waals surface area contributed by atoms with E-state index in [4.69, 9.17) is 0 Å². The molecule has 0 unspecified atom stereocenters. The van der Waals surface area contributed by atoms with E-state index in [1.165, 1.54) is 18.3 Å². The normalized spacial score (nSPS) is 11.7. The Morgan fingerprint density at radius 2 is 1.77 bits per heavy atom. The molecule has 2 aromatic carbocycles. The maximum absolute atomic E-state index is 12.8. The van der Waals surface area contributed by atoms with E-state index in [0.29, 0.717) is 22.4 Å². The lowest BCUT2D eigenvalue weighted by Crippen LogP contribution is -2.13. The number of H-pyrrole nitrogens is 2. The van der Waals surface area contributed by atoms with Gasteiger partial charge in [0, 0.05) is 12.6 Å². The van der Waals surface area contributed by atoms with Crippen molar-refractivity contribution in [1.82, 2.24) is 19.7 Å². The third-order valence-corrected chi connectivity index (χ3v) is 5.39. The summed E-state index contributed by atoms with van der Waals surface area (Å²) in [5.74, 6) is 0. The highest BCUT2D eigenvalue weighted by molar-refractivity contribution is 7.92. The first kappa shape index (κ1) is 16.2. The molecule has 0 aliphatic rings. The van der Waals surface area contributed by atoms with Gasteiger partial charge in [-0.3, -0.25) is 9.40 Å². The van der Waals surface area contributed by atoms with E-state index in [1.54, 1.807) is 17.8 Å². The molecule has 2 aromatic heterocycles. The van der Waals surface area contributed by atoms with Crippen LogP contribution in [0.4, 0.5) is 5.69 Å². The monoisotopic (exact) mass is 369 g/mol. The van der Waals surface area contributed by atoms with Crippen LogP contribution < -0.4 is 10.4 Å². The molecule has 0 aliphatic heterocycles. The fourth-order valence-electron chi connectivity index (χ4n) is 2.83. The third kappa shape index (κ3) is 2.78. The van der Waals surface area contributed by atoms with E-state index in [-0.39, 0.29) is 10.6 Å². The summed E-state index contributed by atoms with van der Waals surface area (Å²) in [5.41, 5.74) is 2.45. The van der Waals surface area contributed by atoms with Gasteiger partial charge in [-0.2, -0.15) is 5.10 Å². The first-order valence-corrected chi connectivity index (χ1v) is 9.25. The van der Waals surface area contributed by atoms with Crippen LogP contribution in [0.25, 0.3) is 22.3 Å². The zero-order chi connectivity index (χ0) is 18.3. The Bertz CT molecular complexity index is 1250. The van der Waals surface area contributed by atoms with Gasteiger partial charge in [0.1, 0.15) is 0 Å². The molecule has 26 heavy (non-hydrogen) atoms. The number of aryl methyl sites for hydroxylation is 1. The van der Waals surface area contributed by atoms with Crippen LogP contribution in [0.5, 0.6) is 0 Å². The van der Waals surface area contributed by atoms with Gasteiger partial charge >= 0.3 is 5.69 Å². The Morgan fingerprint density at radius 3 is 2.54 bits per heavy atom. The molecule has 8 nitrogen and oxygen atoms in total. The topological polar surface area (TPSA) is 113 Å². The van der Waals surface area contributed by atoms with Crippen molar-refractivity contribution >= 4 is 26.7 Å². The molecule has 0 amide bonds. The lowest BCUT2D eigenvalue weighted by Gasteiger charge is -2.10. The number of aromatic nitrogens is 4. The number of nitrogens with one attached hydrogen (secondary N) is 3. The summed E-state index contributed by atoms with van der Waals surface area (Å²) >= 11 is 0. The number of anilines is 1. The van der Waals surface area contributed by atoms with E-state index in [1.807, 2.05) is 30.3 Å². The summed E-state index contributed by atoms with van der Waals surface area (Å²) in [4.78, 5) is 16.5. The Morgan fingerprint density at radius 1 is 1.04 bits per heavy atom. The lowest BCUT2D eigenvalue weighted by atomic mass is 10.1. The minimum Gasteiger partial charge on any atom is -0.306 e. The van der Waals surface area contributed by atoms with Gasteiger partial charge in [-0.05, 0) is 18.2 Å². The van der Waals surface area contributed by atoms with Gasteiger partial charge < -0.3 is 9.97 Å². The Balaban J connectivity index is 1.75. The smallest absolute Gasteiger partial charge is 0.306 e. The summed E-state index contributed by atoms with van der Waals surface area (Å²) in [5, 5.41) is 4.16. The van der Waals surface area contributed by atoms with E-state index in [2.05, 4.69) is 19.8 Å². The van der Waals surface area contributed by atoms with Crippen LogP contribution in [0.1, 0.15) is 0 Å². The highest BCUT2D eigenvalue weighted by Crippen LogP contribution is 2.29. The Labute approximate surface area is 148 Å². The van der Waals surface area contributed by atoms with Crippen LogP contribution in [0.15, 0.2) is 64.4 Å². The second-order valence-corrected chi connectivity index (χ2v) is 7.47. The van der Waals surface area contributed by atoms with Gasteiger partial charge in [-0.1, -0.05) is 30.3 Å². The predicted octanol–water partition coefficient (Wildman–Crippen LogP) is 2.06. The van der Waals surface area contributed by atoms with Crippen LogP contribution in [0.3, 0.4) is 0 Å². The molecule has 4 rings (SSSR count). The van der Waals surface area contributed by atoms with Crippen LogP contribution >= 0.6 is 0 Å². The number of aromatic amines is 2. The fraction of sp³-hybridized carbons (Fsp3) is 0.0588. The summed E-state index contributed by atoms with van der Waals surface area (Å²) in [6, 6.07) is 13.8. The molecule has 0 atom stereocenters. The maximum Gasteiger partial charge on any atom is 0.323 e. The van der Waals surface area contributed by atoms with E-state index in [9.17, 15) is 13.2 Å². The maximum atomic E-state index is 12.8. The molecule has 0 saturated carbocycles. The predicted molar refractivity (Wildman–Crippen MR) is 98.4 cm³/mol. The zero-order valence-corrected chi connectivity index (χ0v) is 14.5. The molecule has 2 heterocycles. The lowest BCUT2D eigenvalue weighted by molar-refractivity contribution is 0.601. The number of benzene rings is 2. The summed E-state index contributed by atoms with van der Waals surface area (Å²) < 4.78 is 29.8. The van der Waals surface area contributed by atoms with Gasteiger partial charge in [-0.15, -0.1) is 0 Å². The molecule has 4 aromatic rings. The Hall–Kier alpha value is -3.33. The second-order valence-electron chi connectivity index (χ2n) is 5.79. The number of hydrogen-bond acceptors (Lipinski definition) is 4. The third-order valence-electron chi connectivity index (χ3n) is 4.03. The molecule has 0 radical (unpaired) electrons. The number of sulfonamides is 1. The number of nitrogens with zero attached hydrogens (tertiary/aromatic N) is 2. The molecule has 9 heteroatoms. The second kappa shape index (κ2) is 5.88. The largest absolute Gasteiger partial charge is 0.323 e. The van der Waals surface area contributed by atoms with Gasteiger partial charge in [0.25, 0.3) is 10.0 Å². The van der Waals surface area contributed by atoms with Crippen molar-refractivity contribution in [3.63, 3.8) is 0 Å². The standard InChI is InChI=1S/C17H15N5O3S/c1-22-16(11-5-3-2-4-6-11)15(10-18-22)21-26(24,25)12-7-8-13-14(9-12)20-17(23)19-13/h2-10,21H,1H3,(H2,19,20,23). The summed E-state index contributed by atoms with van der Waals surface area (Å²) in [6.45, 7) is 0. The van der Waals surface area contributed by atoms with Crippen molar-refractivity contribution in [2.45, 2.75) is 4.90 Å². The van der Waals surface area contributed by atoms with Crippen LogP contribution in [0, 0.1) is 0 Å². The molecule has 0 spiro atoms. The molecule has 0 bridgehead atoms. The average molecular weight is 369 g/mol. The van der Waals surface area contributed by atoms with Crippen LogP contribution in [-0.2, 0) is 17.1 Å². The van der Waals surface area contributed by atoms with Crippen molar-refractivity contribution in [3.8, 4) is 11.3 Å². The molecule has 132 valence electrons. The molecule has 0 saturated heterocycles. The fourth-order valence-corrected chi connectivity index (χ4v) is 3.91. The average Bonchev–Trinajstić information content (AvgIpc) is 3.16. The Kier molecular flexibility index (Phi) is 3.66. The number of hydrogen-bond donors (Lipinski definition) is 3. The van der Waals surface area contributed by atoms with Crippen molar-refractivity contribution in [2.24, 2.45) is 7.05 Å². The van der Waals surface area contributed by atoms with Gasteiger partial charge in [-0.25, -0.2) is 13.2 Å². The SMILES string of the molecule is Cn1ncc(NS(=O)(=O)c2ccc3[nH]c(=O)[nH]c3c2)c1-c1ccccc1. The van der Waals surface area contributed by atoms with Crippen molar-refractivity contribution in [1.29, 1.82) is 0 Å². The molecule has 0 aliphatic carbocycles. The van der Waals surface area contributed by atoms with E-state index < -0.39 is 10.0 Å². The van der Waals surface area contributed by atoms with E-state index in [0.717, 1.165) is 5.56 Å². The first-order valence-electron chi connectivity index (χ1n) is 7.76. The van der Waals surface area contributed by atoms with Gasteiger partial charge in [0.2, 0.25) is 0 Å². The quantitative estimate of drug-likeness (QED) is 0.511. The number of fused-ring (bicyclic) bond motifs is 1. The van der Waals surface area contributed by atoms with Crippen molar-refractivity contribution < 1.29 is 8.42 Å². The summed E-state index contributed by atoms with van der Waals surface area (Å²) in [6.07, 6.45) is 1.47. The van der Waals surface area contributed by atoms with Crippen molar-refractivity contribution in [3.05, 3.63) is 65.2 Å². The minimum atomic E-state index is -3.85. The van der Waals surface area contributed by atoms with Crippen LogP contribution in [0.2, 0.25) is 0 Å². The van der Waals surface area contributed by atoms with Gasteiger partial charge in [0.05, 0.1) is 33.5 Å². The first-order chi connectivity index (χ1) is 12.4. The minimum absolute atomic E-state index is 0.0446. The molecular weight excluding hydrogens is 354 g/mol. The van der Waals surface area contributed by atoms with Crippen molar-refractivity contribution in [2.75, 3.05) is 4.72 Å².